The van der Waals surface area contributed by atoms with Gasteiger partial charge in [0.05, 0.1) is 24.5 Å². The normalized spacial score (nSPS) is 10.9. The fourth-order valence-corrected chi connectivity index (χ4v) is 4.88. The van der Waals surface area contributed by atoms with Gasteiger partial charge in [-0.15, -0.1) is 0 Å². The Morgan fingerprint density at radius 2 is 1.60 bits per heavy atom. The molecule has 0 aliphatic heterocycles. The smallest absolute Gasteiger partial charge is 0.255 e. The largest absolute Gasteiger partial charge is 0.497 e. The summed E-state index contributed by atoms with van der Waals surface area (Å²) in [6.07, 6.45) is 2.39. The maximum Gasteiger partial charge on any atom is 0.255 e. The Hall–Kier alpha value is -5.47. The summed E-state index contributed by atoms with van der Waals surface area (Å²) in [6.45, 7) is 0.484. The Bertz CT molecular complexity index is 1850. The van der Waals surface area contributed by atoms with Gasteiger partial charge in [0, 0.05) is 22.5 Å². The third-order valence-electron chi connectivity index (χ3n) is 7.04. The molecule has 0 fully saturated rings. The molecule has 4 aromatic carbocycles. The number of nitrogens with one attached hydrogen (secondary N) is 2. The molecule has 2 heterocycles. The van der Waals surface area contributed by atoms with E-state index in [0.717, 1.165) is 44.9 Å². The minimum atomic E-state index is -0.162. The van der Waals surface area contributed by atoms with Gasteiger partial charge in [-0.1, -0.05) is 54.6 Å². The van der Waals surface area contributed by atoms with E-state index in [4.69, 9.17) is 15.5 Å². The number of nitrogens with zero attached hydrogens (tertiary/aromatic N) is 3. The van der Waals surface area contributed by atoms with Crippen molar-refractivity contribution in [3.63, 3.8) is 0 Å². The standard InChI is InChI=1S/C34H30N6O2/c1-42-30-7-4-6-26(21-30)23-9-11-25(12-10-23)32-22-29-18-20-36-40(29)34(39-32)38-28-15-13-27(14-16-28)37-33(41)31-8-3-2-5-24(31)17-19-35/h2-16,18,20-22H,17,19,35H2,1H3,(H,37,41)(H,38,39). The molecule has 42 heavy (non-hydrogen) atoms. The van der Waals surface area contributed by atoms with E-state index < -0.39 is 0 Å². The predicted molar refractivity (Wildman–Crippen MR) is 167 cm³/mol. The van der Waals surface area contributed by atoms with Crippen LogP contribution < -0.4 is 21.1 Å². The quantitative estimate of drug-likeness (QED) is 0.187. The van der Waals surface area contributed by atoms with Crippen LogP contribution in [-0.2, 0) is 6.42 Å². The lowest BCUT2D eigenvalue weighted by atomic mass is 10.0. The second-order valence-corrected chi connectivity index (χ2v) is 9.79. The molecule has 0 radical (unpaired) electrons. The van der Waals surface area contributed by atoms with Crippen LogP contribution in [0.3, 0.4) is 0 Å². The number of nitrogens with two attached hydrogens (primary N) is 1. The van der Waals surface area contributed by atoms with E-state index in [1.54, 1.807) is 17.8 Å². The summed E-state index contributed by atoms with van der Waals surface area (Å²) in [5, 5.41) is 10.8. The first-order valence-corrected chi connectivity index (χ1v) is 13.7. The number of aromatic nitrogens is 3. The van der Waals surface area contributed by atoms with Crippen LogP contribution in [0.1, 0.15) is 15.9 Å². The minimum Gasteiger partial charge on any atom is -0.497 e. The van der Waals surface area contributed by atoms with E-state index in [-0.39, 0.29) is 5.91 Å². The van der Waals surface area contributed by atoms with Gasteiger partial charge >= 0.3 is 0 Å². The van der Waals surface area contributed by atoms with Crippen molar-refractivity contribution in [2.24, 2.45) is 5.73 Å². The Kier molecular flexibility index (Phi) is 7.61. The number of carbonyl (C=O) groups is 1. The fourth-order valence-electron chi connectivity index (χ4n) is 4.88. The number of anilines is 3. The number of fused-ring (bicyclic) bond motifs is 1. The number of ether oxygens (including phenoxy) is 1. The molecule has 0 saturated carbocycles. The number of hydrogen-bond acceptors (Lipinski definition) is 6. The molecule has 6 aromatic rings. The molecule has 6 rings (SSSR count). The highest BCUT2D eigenvalue weighted by molar-refractivity contribution is 6.05. The number of rotatable bonds is 9. The molecule has 0 spiro atoms. The zero-order chi connectivity index (χ0) is 28.9. The van der Waals surface area contributed by atoms with E-state index >= 15 is 0 Å². The van der Waals surface area contributed by atoms with Crippen molar-refractivity contribution < 1.29 is 9.53 Å². The van der Waals surface area contributed by atoms with Crippen LogP contribution in [0.4, 0.5) is 17.3 Å². The highest BCUT2D eigenvalue weighted by Gasteiger charge is 2.12. The number of amides is 1. The molecule has 0 aliphatic rings. The molecule has 2 aromatic heterocycles. The van der Waals surface area contributed by atoms with Crippen molar-refractivity contribution in [3.05, 3.63) is 127 Å². The van der Waals surface area contributed by atoms with Gasteiger partial charge in [0.1, 0.15) is 5.75 Å². The van der Waals surface area contributed by atoms with Gasteiger partial charge in [0.2, 0.25) is 5.95 Å². The maximum absolute atomic E-state index is 12.9. The Balaban J connectivity index is 1.21. The summed E-state index contributed by atoms with van der Waals surface area (Å²) in [5.74, 6) is 1.24. The molecule has 0 bridgehead atoms. The minimum absolute atomic E-state index is 0.162. The topological polar surface area (TPSA) is 107 Å². The second kappa shape index (κ2) is 12.0. The van der Waals surface area contributed by atoms with Crippen LogP contribution in [0.2, 0.25) is 0 Å². The monoisotopic (exact) mass is 554 g/mol. The fraction of sp³-hybridized carbons (Fsp3) is 0.0882. The van der Waals surface area contributed by atoms with E-state index in [2.05, 4.69) is 46.1 Å². The summed E-state index contributed by atoms with van der Waals surface area (Å²) >= 11 is 0. The lowest BCUT2D eigenvalue weighted by Crippen LogP contribution is -2.15. The number of benzene rings is 4. The van der Waals surface area contributed by atoms with Gasteiger partial charge in [-0.05, 0) is 84.3 Å². The van der Waals surface area contributed by atoms with Crippen molar-refractivity contribution in [1.82, 2.24) is 14.6 Å². The van der Waals surface area contributed by atoms with Crippen molar-refractivity contribution in [2.75, 3.05) is 24.3 Å². The predicted octanol–water partition coefficient (Wildman–Crippen LogP) is 6.57. The molecule has 4 N–H and O–H groups in total. The molecular formula is C34H30N6O2. The molecule has 8 nitrogen and oxygen atoms in total. The molecule has 0 saturated heterocycles. The molecule has 208 valence electrons. The van der Waals surface area contributed by atoms with Gasteiger partial charge in [0.25, 0.3) is 5.91 Å². The molecule has 1 amide bonds. The summed E-state index contributed by atoms with van der Waals surface area (Å²) in [5.41, 5.74) is 13.7. The molecule has 8 heteroatoms. The van der Waals surface area contributed by atoms with Crippen LogP contribution >= 0.6 is 0 Å². The van der Waals surface area contributed by atoms with E-state index in [0.29, 0.717) is 30.2 Å². The summed E-state index contributed by atoms with van der Waals surface area (Å²) in [7, 11) is 1.67. The van der Waals surface area contributed by atoms with Crippen LogP contribution in [0.15, 0.2) is 115 Å². The summed E-state index contributed by atoms with van der Waals surface area (Å²) in [4.78, 5) is 17.8. The third kappa shape index (κ3) is 5.70. The van der Waals surface area contributed by atoms with Gasteiger partial charge in [-0.2, -0.15) is 5.10 Å². The van der Waals surface area contributed by atoms with Crippen LogP contribution in [0, 0.1) is 0 Å². The second-order valence-electron chi connectivity index (χ2n) is 9.79. The van der Waals surface area contributed by atoms with Crippen molar-refractivity contribution in [1.29, 1.82) is 0 Å². The SMILES string of the molecule is COc1cccc(-c2ccc(-c3cc4ccnn4c(Nc4ccc(NC(=O)c5ccccc5CCN)cc4)n3)cc2)c1. The van der Waals surface area contributed by atoms with Gasteiger partial charge in [-0.25, -0.2) is 9.50 Å². The van der Waals surface area contributed by atoms with Gasteiger partial charge in [0.15, 0.2) is 0 Å². The third-order valence-corrected chi connectivity index (χ3v) is 7.04. The summed E-state index contributed by atoms with van der Waals surface area (Å²) in [6, 6.07) is 35.3. The van der Waals surface area contributed by atoms with Crippen LogP contribution in [-0.4, -0.2) is 34.2 Å². The van der Waals surface area contributed by atoms with E-state index in [9.17, 15) is 4.79 Å². The number of methoxy groups -OCH3 is 1. The van der Waals surface area contributed by atoms with Crippen molar-refractivity contribution in [3.8, 4) is 28.1 Å². The zero-order valence-corrected chi connectivity index (χ0v) is 23.1. The Morgan fingerprint density at radius 1 is 0.833 bits per heavy atom. The Morgan fingerprint density at radius 3 is 2.38 bits per heavy atom. The zero-order valence-electron chi connectivity index (χ0n) is 23.1. The van der Waals surface area contributed by atoms with Crippen molar-refractivity contribution >= 4 is 28.7 Å². The lowest BCUT2D eigenvalue weighted by molar-refractivity contribution is 0.102. The first kappa shape index (κ1) is 26.7. The average molecular weight is 555 g/mol. The molecule has 0 unspecified atom stereocenters. The van der Waals surface area contributed by atoms with Crippen molar-refractivity contribution in [2.45, 2.75) is 6.42 Å². The first-order chi connectivity index (χ1) is 20.6. The molecule has 0 aliphatic carbocycles. The number of carbonyl (C=O) groups excluding carboxylic acids is 1. The van der Waals surface area contributed by atoms with Crippen LogP contribution in [0.25, 0.3) is 27.9 Å². The lowest BCUT2D eigenvalue weighted by Gasteiger charge is -2.12. The van der Waals surface area contributed by atoms with Crippen LogP contribution in [0.5, 0.6) is 5.75 Å². The maximum atomic E-state index is 12.9. The summed E-state index contributed by atoms with van der Waals surface area (Å²) < 4.78 is 7.13. The first-order valence-electron chi connectivity index (χ1n) is 13.7. The Labute approximate surface area is 243 Å². The highest BCUT2D eigenvalue weighted by atomic mass is 16.5. The van der Waals surface area contributed by atoms with E-state index in [1.165, 1.54) is 0 Å². The number of hydrogen-bond donors (Lipinski definition) is 3. The highest BCUT2D eigenvalue weighted by Crippen LogP contribution is 2.28. The van der Waals surface area contributed by atoms with Gasteiger partial charge < -0.3 is 21.1 Å². The average Bonchev–Trinajstić information content (AvgIpc) is 3.52. The molecule has 0 atom stereocenters. The van der Waals surface area contributed by atoms with Gasteiger partial charge in [-0.3, -0.25) is 4.79 Å². The molecular weight excluding hydrogens is 524 g/mol. The van der Waals surface area contributed by atoms with E-state index in [1.807, 2.05) is 78.9 Å².